The van der Waals surface area contributed by atoms with Gasteiger partial charge in [-0.15, -0.1) is 0 Å². The van der Waals surface area contributed by atoms with Gasteiger partial charge in [0.25, 0.3) is 0 Å². The molecule has 2 rings (SSSR count). The van der Waals surface area contributed by atoms with Gasteiger partial charge in [-0.1, -0.05) is 20.8 Å². The summed E-state index contributed by atoms with van der Waals surface area (Å²) < 4.78 is 4.13. The molecule has 0 spiro atoms. The van der Waals surface area contributed by atoms with Crippen molar-refractivity contribution in [3.05, 3.63) is 5.82 Å². The molecule has 4 nitrogen and oxygen atoms in total. The molecule has 1 aliphatic carbocycles. The Balaban J connectivity index is 1.85. The number of nitrogens with zero attached hydrogens (tertiary/aromatic N) is 2. The molecule has 1 fully saturated rings. The first-order valence-corrected chi connectivity index (χ1v) is 7.82. The van der Waals surface area contributed by atoms with Crippen molar-refractivity contribution in [2.24, 2.45) is 11.3 Å². The van der Waals surface area contributed by atoms with Crippen LogP contribution in [0, 0.1) is 18.3 Å². The average Bonchev–Trinajstić information content (AvgIpc) is 2.72. The first-order valence-electron chi connectivity index (χ1n) is 7.05. The summed E-state index contributed by atoms with van der Waals surface area (Å²) in [5.74, 6) is 1.51. The van der Waals surface area contributed by atoms with Crippen molar-refractivity contribution in [1.29, 1.82) is 0 Å². The molecular weight excluding hydrogens is 258 g/mol. The van der Waals surface area contributed by atoms with E-state index < -0.39 is 5.60 Å². The van der Waals surface area contributed by atoms with E-state index in [-0.39, 0.29) is 0 Å². The van der Waals surface area contributed by atoms with Gasteiger partial charge in [0.15, 0.2) is 0 Å². The maximum Gasteiger partial charge on any atom is 0.202 e. The third-order valence-electron chi connectivity index (χ3n) is 4.24. The highest BCUT2D eigenvalue weighted by molar-refractivity contribution is 7.09. The second-order valence-corrected chi connectivity index (χ2v) is 7.62. The maximum atomic E-state index is 10.6. The highest BCUT2D eigenvalue weighted by atomic mass is 32.1. The molecule has 1 aromatic heterocycles. The lowest BCUT2D eigenvalue weighted by Gasteiger charge is -2.41. The number of aryl methyl sites for hydroxylation is 1. The second-order valence-electron chi connectivity index (χ2n) is 6.86. The van der Waals surface area contributed by atoms with Gasteiger partial charge in [-0.3, -0.25) is 0 Å². The van der Waals surface area contributed by atoms with Crippen LogP contribution in [0.25, 0.3) is 0 Å². The van der Waals surface area contributed by atoms with E-state index in [2.05, 4.69) is 35.4 Å². The minimum Gasteiger partial charge on any atom is -0.388 e. The molecule has 0 amide bonds. The zero-order valence-electron chi connectivity index (χ0n) is 12.4. The molecule has 0 aliphatic heterocycles. The van der Waals surface area contributed by atoms with Gasteiger partial charge in [-0.25, -0.2) is 4.98 Å². The number of aliphatic hydroxyl groups is 1. The van der Waals surface area contributed by atoms with E-state index in [1.54, 1.807) is 0 Å². The Morgan fingerprint density at radius 3 is 2.47 bits per heavy atom. The van der Waals surface area contributed by atoms with Crippen LogP contribution in [0.5, 0.6) is 0 Å². The highest BCUT2D eigenvalue weighted by Crippen LogP contribution is 2.41. The van der Waals surface area contributed by atoms with Crippen molar-refractivity contribution < 1.29 is 5.11 Å². The van der Waals surface area contributed by atoms with Crippen molar-refractivity contribution in [3.63, 3.8) is 0 Å². The third-order valence-corrected chi connectivity index (χ3v) is 5.00. The summed E-state index contributed by atoms with van der Waals surface area (Å²) in [6.45, 7) is 9.35. The van der Waals surface area contributed by atoms with Crippen LogP contribution in [0.3, 0.4) is 0 Å². The fourth-order valence-electron chi connectivity index (χ4n) is 2.81. The molecule has 0 bridgehead atoms. The van der Waals surface area contributed by atoms with E-state index in [4.69, 9.17) is 0 Å². The van der Waals surface area contributed by atoms with Crippen LogP contribution in [0.4, 0.5) is 5.13 Å². The number of anilines is 1. The maximum absolute atomic E-state index is 10.6. The molecule has 108 valence electrons. The SMILES string of the molecule is Cc1nsc(NCC2(O)CCC(C(C)(C)C)CC2)n1. The van der Waals surface area contributed by atoms with Gasteiger partial charge in [-0.2, -0.15) is 4.37 Å². The molecule has 1 aromatic rings. The molecule has 1 heterocycles. The molecule has 5 heteroatoms. The number of nitrogens with one attached hydrogen (secondary N) is 1. The van der Waals surface area contributed by atoms with Gasteiger partial charge in [-0.05, 0) is 43.9 Å². The summed E-state index contributed by atoms with van der Waals surface area (Å²) in [7, 11) is 0. The summed E-state index contributed by atoms with van der Waals surface area (Å²) in [6.07, 6.45) is 3.97. The van der Waals surface area contributed by atoms with Crippen molar-refractivity contribution in [2.45, 2.75) is 59.0 Å². The Kier molecular flexibility index (Phi) is 4.16. The largest absolute Gasteiger partial charge is 0.388 e. The zero-order chi connectivity index (χ0) is 14.1. The van der Waals surface area contributed by atoms with Gasteiger partial charge < -0.3 is 10.4 Å². The average molecular weight is 283 g/mol. The number of hydrogen-bond donors (Lipinski definition) is 2. The molecule has 0 saturated heterocycles. The van der Waals surface area contributed by atoms with Gasteiger partial charge >= 0.3 is 0 Å². The van der Waals surface area contributed by atoms with Crippen molar-refractivity contribution >= 4 is 16.7 Å². The first kappa shape index (κ1) is 14.7. The lowest BCUT2D eigenvalue weighted by atomic mass is 9.68. The molecule has 1 aliphatic rings. The zero-order valence-corrected chi connectivity index (χ0v) is 13.2. The Morgan fingerprint density at radius 2 is 2.00 bits per heavy atom. The summed E-state index contributed by atoms with van der Waals surface area (Å²) in [5.41, 5.74) is -0.230. The van der Waals surface area contributed by atoms with Gasteiger partial charge in [0.1, 0.15) is 5.82 Å². The van der Waals surface area contributed by atoms with Crippen LogP contribution in [-0.4, -0.2) is 26.6 Å². The van der Waals surface area contributed by atoms with Gasteiger partial charge in [0, 0.05) is 18.1 Å². The molecule has 0 atom stereocenters. The van der Waals surface area contributed by atoms with Crippen LogP contribution in [-0.2, 0) is 0 Å². The molecule has 0 unspecified atom stereocenters. The predicted octanol–water partition coefficient (Wildman–Crippen LogP) is 3.23. The van der Waals surface area contributed by atoms with Crippen LogP contribution in [0.15, 0.2) is 0 Å². The molecule has 19 heavy (non-hydrogen) atoms. The number of hydrogen-bond acceptors (Lipinski definition) is 5. The van der Waals surface area contributed by atoms with Crippen LogP contribution in [0.2, 0.25) is 0 Å². The standard InChI is InChI=1S/C14H25N3OS/c1-10-16-12(19-17-10)15-9-14(18)7-5-11(6-8-14)13(2,3)4/h11,18H,5-9H2,1-4H3,(H,15,16,17). The lowest BCUT2D eigenvalue weighted by molar-refractivity contribution is -0.0143. The molecule has 2 N–H and O–H groups in total. The van der Waals surface area contributed by atoms with Crippen LogP contribution < -0.4 is 5.32 Å². The molecule has 0 aromatic carbocycles. The smallest absolute Gasteiger partial charge is 0.202 e. The first-order chi connectivity index (χ1) is 8.78. The fourth-order valence-corrected chi connectivity index (χ4v) is 3.38. The minimum atomic E-state index is -0.582. The Bertz CT molecular complexity index is 417. The van der Waals surface area contributed by atoms with Crippen LogP contribution in [0.1, 0.15) is 52.3 Å². The van der Waals surface area contributed by atoms with E-state index in [0.29, 0.717) is 12.0 Å². The Labute approximate surface area is 119 Å². The minimum absolute atomic E-state index is 0.352. The summed E-state index contributed by atoms with van der Waals surface area (Å²) in [6, 6.07) is 0. The third kappa shape index (κ3) is 3.89. The lowest BCUT2D eigenvalue weighted by Crippen LogP contribution is -2.42. The topological polar surface area (TPSA) is 58.0 Å². The molecule has 1 saturated carbocycles. The summed E-state index contributed by atoms with van der Waals surface area (Å²) in [4.78, 5) is 4.27. The van der Waals surface area contributed by atoms with Crippen molar-refractivity contribution in [3.8, 4) is 0 Å². The van der Waals surface area contributed by atoms with Gasteiger partial charge in [0.05, 0.1) is 5.60 Å². The van der Waals surface area contributed by atoms with E-state index in [9.17, 15) is 5.11 Å². The van der Waals surface area contributed by atoms with E-state index in [1.807, 2.05) is 6.92 Å². The van der Waals surface area contributed by atoms with Crippen molar-refractivity contribution in [2.75, 3.05) is 11.9 Å². The second kappa shape index (κ2) is 5.37. The van der Waals surface area contributed by atoms with Crippen LogP contribution >= 0.6 is 11.5 Å². The molecular formula is C14H25N3OS. The molecule has 0 radical (unpaired) electrons. The Morgan fingerprint density at radius 1 is 1.37 bits per heavy atom. The van der Waals surface area contributed by atoms with E-state index in [0.717, 1.165) is 42.6 Å². The van der Waals surface area contributed by atoms with Gasteiger partial charge in [0.2, 0.25) is 5.13 Å². The monoisotopic (exact) mass is 283 g/mol. The fraction of sp³-hybridized carbons (Fsp3) is 0.857. The predicted molar refractivity (Wildman–Crippen MR) is 79.5 cm³/mol. The Hall–Kier alpha value is -0.680. The normalized spacial score (nSPS) is 28.4. The quantitative estimate of drug-likeness (QED) is 0.894. The summed E-state index contributed by atoms with van der Waals surface area (Å²) >= 11 is 1.36. The van der Waals surface area contributed by atoms with Crippen molar-refractivity contribution in [1.82, 2.24) is 9.36 Å². The van der Waals surface area contributed by atoms with E-state index in [1.165, 1.54) is 11.5 Å². The summed E-state index contributed by atoms with van der Waals surface area (Å²) in [5, 5.41) is 14.7. The van der Waals surface area contributed by atoms with E-state index >= 15 is 0 Å². The highest BCUT2D eigenvalue weighted by Gasteiger charge is 2.37. The number of rotatable bonds is 3. The number of aromatic nitrogens is 2.